The van der Waals surface area contributed by atoms with Crippen LogP contribution in [0.4, 0.5) is 0 Å². The summed E-state index contributed by atoms with van der Waals surface area (Å²) in [5.41, 5.74) is 3.50. The van der Waals surface area contributed by atoms with Gasteiger partial charge in [-0.15, -0.1) is 23.1 Å². The van der Waals surface area contributed by atoms with Gasteiger partial charge in [0.25, 0.3) is 0 Å². The molecule has 0 aliphatic rings. The van der Waals surface area contributed by atoms with Crippen LogP contribution in [-0.2, 0) is 11.8 Å². The molecule has 1 aromatic carbocycles. The molecule has 0 radical (unpaired) electrons. The van der Waals surface area contributed by atoms with Crippen molar-refractivity contribution in [3.63, 3.8) is 0 Å². The summed E-state index contributed by atoms with van der Waals surface area (Å²) in [6.45, 7) is 2.06. The summed E-state index contributed by atoms with van der Waals surface area (Å²) in [7, 11) is 1.79. The van der Waals surface area contributed by atoms with Crippen LogP contribution in [0.3, 0.4) is 0 Å². The highest BCUT2D eigenvalue weighted by Gasteiger charge is 2.27. The quantitative estimate of drug-likeness (QED) is 0.450. The minimum atomic E-state index is -0.413. The molecule has 0 aliphatic heterocycles. The highest BCUT2D eigenvalue weighted by molar-refractivity contribution is 7.98. The first kappa shape index (κ1) is 18.3. The van der Waals surface area contributed by atoms with Crippen LogP contribution in [0.1, 0.15) is 23.0 Å². The summed E-state index contributed by atoms with van der Waals surface area (Å²) in [6, 6.07) is 14.3. The van der Waals surface area contributed by atoms with E-state index < -0.39 is 5.97 Å². The van der Waals surface area contributed by atoms with Gasteiger partial charge in [0.05, 0.1) is 17.2 Å². The number of thiophene rings is 1. The van der Waals surface area contributed by atoms with Gasteiger partial charge in [-0.25, -0.2) is 4.79 Å². The fourth-order valence-electron chi connectivity index (χ4n) is 2.97. The Labute approximate surface area is 161 Å². The molecule has 132 valence electrons. The molecule has 3 aromatic rings. The predicted octanol–water partition coefficient (Wildman–Crippen LogP) is 5.19. The van der Waals surface area contributed by atoms with E-state index in [1.807, 2.05) is 42.0 Å². The Morgan fingerprint density at radius 3 is 2.50 bits per heavy atom. The SMILES string of the molecule is CCOC(=O)c1c(-c2ccc(-c3cccs3)cc2)c(C#N)c(SC)n1C. The van der Waals surface area contributed by atoms with Crippen LogP contribution in [0, 0.1) is 11.3 Å². The second-order valence-electron chi connectivity index (χ2n) is 5.55. The Morgan fingerprint density at radius 1 is 1.27 bits per heavy atom. The Morgan fingerprint density at radius 2 is 1.96 bits per heavy atom. The highest BCUT2D eigenvalue weighted by atomic mass is 32.2. The number of carbonyl (C=O) groups is 1. The standard InChI is InChI=1S/C20H18N2O2S2/c1-4-24-20(23)18-17(15(12-21)19(25-3)22(18)2)14-9-7-13(8-10-14)16-6-5-11-26-16/h5-11H,4H2,1-3H3. The van der Waals surface area contributed by atoms with E-state index in [1.54, 1.807) is 29.9 Å². The van der Waals surface area contributed by atoms with Crippen molar-refractivity contribution in [2.75, 3.05) is 12.9 Å². The smallest absolute Gasteiger partial charge is 0.355 e. The Hall–Kier alpha value is -2.49. The summed E-state index contributed by atoms with van der Waals surface area (Å²) in [5.74, 6) is -0.413. The van der Waals surface area contributed by atoms with Gasteiger partial charge in [-0.1, -0.05) is 30.3 Å². The van der Waals surface area contributed by atoms with Crippen LogP contribution in [0.5, 0.6) is 0 Å². The zero-order valence-electron chi connectivity index (χ0n) is 14.8. The molecule has 2 aromatic heterocycles. The summed E-state index contributed by atoms with van der Waals surface area (Å²) in [5, 5.41) is 12.5. The lowest BCUT2D eigenvalue weighted by molar-refractivity contribution is 0.0515. The fourth-order valence-corrected chi connectivity index (χ4v) is 4.42. The normalized spacial score (nSPS) is 10.5. The topological polar surface area (TPSA) is 55.0 Å². The van der Waals surface area contributed by atoms with Crippen molar-refractivity contribution in [2.45, 2.75) is 11.9 Å². The van der Waals surface area contributed by atoms with E-state index >= 15 is 0 Å². The van der Waals surface area contributed by atoms with Gasteiger partial charge in [0, 0.05) is 17.5 Å². The average molecular weight is 383 g/mol. The van der Waals surface area contributed by atoms with Gasteiger partial charge < -0.3 is 9.30 Å². The molecule has 3 rings (SSSR count). The first-order valence-corrected chi connectivity index (χ1v) is 10.2. The lowest BCUT2D eigenvalue weighted by atomic mass is 10.00. The van der Waals surface area contributed by atoms with Gasteiger partial charge in [-0.3, -0.25) is 0 Å². The van der Waals surface area contributed by atoms with E-state index in [0.717, 1.165) is 16.2 Å². The number of nitrogens with zero attached hydrogens (tertiary/aromatic N) is 2. The van der Waals surface area contributed by atoms with Crippen LogP contribution in [0.2, 0.25) is 0 Å². The number of hydrogen-bond acceptors (Lipinski definition) is 5. The molecule has 0 bridgehead atoms. The number of carbonyl (C=O) groups excluding carboxylic acids is 1. The number of aromatic nitrogens is 1. The van der Waals surface area contributed by atoms with Gasteiger partial charge >= 0.3 is 5.97 Å². The van der Waals surface area contributed by atoms with Crippen molar-refractivity contribution in [3.8, 4) is 27.6 Å². The Kier molecular flexibility index (Phi) is 5.50. The highest BCUT2D eigenvalue weighted by Crippen LogP contribution is 2.37. The van der Waals surface area contributed by atoms with Gasteiger partial charge in [0.2, 0.25) is 0 Å². The van der Waals surface area contributed by atoms with E-state index in [1.165, 1.54) is 16.6 Å². The predicted molar refractivity (Wildman–Crippen MR) is 107 cm³/mol. The van der Waals surface area contributed by atoms with Crippen molar-refractivity contribution >= 4 is 29.1 Å². The van der Waals surface area contributed by atoms with Crippen molar-refractivity contribution in [3.05, 3.63) is 53.0 Å². The summed E-state index contributed by atoms with van der Waals surface area (Å²) in [4.78, 5) is 13.7. The summed E-state index contributed by atoms with van der Waals surface area (Å²) >= 11 is 3.12. The largest absolute Gasteiger partial charge is 0.461 e. The minimum absolute atomic E-state index is 0.289. The maximum absolute atomic E-state index is 12.6. The molecule has 2 heterocycles. The molecule has 0 saturated heterocycles. The van der Waals surface area contributed by atoms with Gasteiger partial charge in [0.15, 0.2) is 0 Å². The first-order valence-electron chi connectivity index (χ1n) is 8.10. The van der Waals surface area contributed by atoms with Crippen molar-refractivity contribution in [2.24, 2.45) is 7.05 Å². The average Bonchev–Trinajstić information content (AvgIpc) is 3.27. The molecule has 0 atom stereocenters. The van der Waals surface area contributed by atoms with Crippen LogP contribution >= 0.6 is 23.1 Å². The number of benzene rings is 1. The van der Waals surface area contributed by atoms with E-state index in [9.17, 15) is 10.1 Å². The zero-order chi connectivity index (χ0) is 18.7. The van der Waals surface area contributed by atoms with Crippen LogP contribution < -0.4 is 0 Å². The molecule has 0 unspecified atom stereocenters. The van der Waals surface area contributed by atoms with E-state index in [0.29, 0.717) is 16.8 Å². The maximum atomic E-state index is 12.6. The third-order valence-corrected chi connectivity index (χ3v) is 5.88. The zero-order valence-corrected chi connectivity index (χ0v) is 16.4. The number of esters is 1. The van der Waals surface area contributed by atoms with Gasteiger partial charge in [-0.2, -0.15) is 5.26 Å². The van der Waals surface area contributed by atoms with Crippen LogP contribution in [0.15, 0.2) is 46.8 Å². The molecule has 26 heavy (non-hydrogen) atoms. The first-order chi connectivity index (χ1) is 12.6. The Balaban J connectivity index is 2.17. The van der Waals surface area contributed by atoms with Gasteiger partial charge in [0.1, 0.15) is 11.8 Å². The number of ether oxygens (including phenoxy) is 1. The van der Waals surface area contributed by atoms with E-state index in [-0.39, 0.29) is 6.61 Å². The molecule has 0 saturated carbocycles. The second kappa shape index (κ2) is 7.81. The molecule has 4 nitrogen and oxygen atoms in total. The van der Waals surface area contributed by atoms with Crippen molar-refractivity contribution in [1.29, 1.82) is 5.26 Å². The number of rotatable bonds is 5. The monoisotopic (exact) mass is 382 g/mol. The minimum Gasteiger partial charge on any atom is -0.461 e. The summed E-state index contributed by atoms with van der Waals surface area (Å²) in [6.07, 6.45) is 1.90. The van der Waals surface area contributed by atoms with Crippen LogP contribution in [0.25, 0.3) is 21.6 Å². The molecule has 0 N–H and O–H groups in total. The van der Waals surface area contributed by atoms with E-state index in [4.69, 9.17) is 4.74 Å². The molecule has 0 spiro atoms. The number of thioether (sulfide) groups is 1. The molecule has 6 heteroatoms. The maximum Gasteiger partial charge on any atom is 0.355 e. The second-order valence-corrected chi connectivity index (χ2v) is 7.30. The molecule has 0 amide bonds. The lowest BCUT2D eigenvalue weighted by Gasteiger charge is -2.08. The van der Waals surface area contributed by atoms with E-state index in [2.05, 4.69) is 12.1 Å². The summed E-state index contributed by atoms with van der Waals surface area (Å²) < 4.78 is 6.99. The third kappa shape index (κ3) is 3.16. The Bertz CT molecular complexity index is 965. The molecular formula is C20H18N2O2S2. The van der Waals surface area contributed by atoms with Crippen molar-refractivity contribution < 1.29 is 9.53 Å². The van der Waals surface area contributed by atoms with Crippen molar-refractivity contribution in [1.82, 2.24) is 4.57 Å². The molecule has 0 fully saturated rings. The fraction of sp³-hybridized carbons (Fsp3) is 0.200. The molecule has 0 aliphatic carbocycles. The molecular weight excluding hydrogens is 364 g/mol. The lowest BCUT2D eigenvalue weighted by Crippen LogP contribution is -2.11. The van der Waals surface area contributed by atoms with Crippen LogP contribution in [-0.4, -0.2) is 23.4 Å². The number of hydrogen-bond donors (Lipinski definition) is 0. The third-order valence-electron chi connectivity index (χ3n) is 4.09. The van der Waals surface area contributed by atoms with Gasteiger partial charge in [-0.05, 0) is 35.8 Å². The number of nitriles is 1.